The van der Waals surface area contributed by atoms with Gasteiger partial charge < -0.3 is 0 Å². The Hall–Kier alpha value is -1.04. The molecule has 0 nitrogen and oxygen atoms in total. The molecule has 0 amide bonds. The summed E-state index contributed by atoms with van der Waals surface area (Å²) >= 11 is 0. The molecule has 0 aliphatic heterocycles. The number of rotatable bonds is 6. The summed E-state index contributed by atoms with van der Waals surface area (Å²) in [6, 6.07) is 0. The lowest BCUT2D eigenvalue weighted by atomic mass is 10.1. The molecule has 0 N–H and O–H groups in total. The highest BCUT2D eigenvalue weighted by atomic mass is 13.9. The van der Waals surface area contributed by atoms with Gasteiger partial charge in [-0.05, 0) is 38.7 Å². The molecule has 0 heterocycles. The minimum absolute atomic E-state index is 1.12. The van der Waals surface area contributed by atoms with Crippen LogP contribution in [0.5, 0.6) is 0 Å². The summed E-state index contributed by atoms with van der Waals surface area (Å²) in [5.41, 5.74) is 1.32. The molecule has 0 aromatic carbocycles. The second kappa shape index (κ2) is 9.05. The molecule has 0 aromatic heterocycles. The molecule has 0 bridgehead atoms. The molecule has 0 unspecified atom stereocenters. The van der Waals surface area contributed by atoms with Crippen molar-refractivity contribution in [2.75, 3.05) is 0 Å². The smallest absolute Gasteiger partial charge is 0.0276 e. The second-order valence-corrected chi connectivity index (χ2v) is 2.93. The highest BCUT2D eigenvalue weighted by molar-refractivity contribution is 5.21. The van der Waals surface area contributed by atoms with Crippen molar-refractivity contribution in [2.24, 2.45) is 0 Å². The first-order chi connectivity index (χ1) is 6.35. The largest absolute Gasteiger partial charge is 0.0988 e. The Morgan fingerprint density at radius 2 is 2.00 bits per heavy atom. The molecule has 0 spiro atoms. The van der Waals surface area contributed by atoms with Gasteiger partial charge in [-0.2, -0.15) is 0 Å². The normalized spacial score (nSPS) is 12.9. The maximum Gasteiger partial charge on any atom is -0.0276 e. The molecule has 13 heavy (non-hydrogen) atoms. The molecular weight excluding hydrogens is 156 g/mol. The van der Waals surface area contributed by atoms with Gasteiger partial charge in [-0.1, -0.05) is 43.0 Å². The molecule has 0 aromatic rings. The lowest BCUT2D eigenvalue weighted by Crippen LogP contribution is -1.78. The van der Waals surface area contributed by atoms with Gasteiger partial charge in [0, 0.05) is 0 Å². The Bertz CT molecular complexity index is 204. The number of unbranched alkanes of at least 4 members (excludes halogenated alkanes) is 1. The van der Waals surface area contributed by atoms with Crippen molar-refractivity contribution in [3.8, 4) is 0 Å². The van der Waals surface area contributed by atoms with Gasteiger partial charge in [0.25, 0.3) is 0 Å². The van der Waals surface area contributed by atoms with E-state index in [-0.39, 0.29) is 0 Å². The van der Waals surface area contributed by atoms with E-state index in [2.05, 4.69) is 37.8 Å². The first-order valence-electron chi connectivity index (χ1n) is 4.90. The SMILES string of the molecule is C=C/C(=C\C=C/C)CCC/C=C/C. The predicted molar refractivity (Wildman–Crippen MR) is 61.8 cm³/mol. The summed E-state index contributed by atoms with van der Waals surface area (Å²) in [7, 11) is 0. The van der Waals surface area contributed by atoms with Crippen LogP contribution in [0.25, 0.3) is 0 Å². The maximum atomic E-state index is 3.79. The van der Waals surface area contributed by atoms with E-state index in [4.69, 9.17) is 0 Å². The van der Waals surface area contributed by atoms with E-state index in [1.54, 1.807) is 0 Å². The van der Waals surface area contributed by atoms with Crippen LogP contribution >= 0.6 is 0 Å². The molecule has 0 saturated heterocycles. The van der Waals surface area contributed by atoms with Crippen molar-refractivity contribution >= 4 is 0 Å². The lowest BCUT2D eigenvalue weighted by Gasteiger charge is -1.98. The van der Waals surface area contributed by atoms with Gasteiger partial charge in [-0.3, -0.25) is 0 Å². The van der Waals surface area contributed by atoms with E-state index in [1.165, 1.54) is 12.0 Å². The second-order valence-electron chi connectivity index (χ2n) is 2.93. The zero-order valence-corrected chi connectivity index (χ0v) is 8.79. The van der Waals surface area contributed by atoms with E-state index < -0.39 is 0 Å². The molecule has 0 heteroatoms. The standard InChI is InChI=1S/C13H20/c1-4-7-9-10-12-13(6-3)11-8-5-2/h4-8,11H,3,9-10,12H2,1-2H3/b7-4+,8-5-,13-11+. The average molecular weight is 176 g/mol. The van der Waals surface area contributed by atoms with Crippen LogP contribution in [0.2, 0.25) is 0 Å². The van der Waals surface area contributed by atoms with Crippen LogP contribution < -0.4 is 0 Å². The van der Waals surface area contributed by atoms with Crippen molar-refractivity contribution in [1.29, 1.82) is 0 Å². The number of allylic oxidation sites excluding steroid dienone is 7. The fraction of sp³-hybridized carbons (Fsp3) is 0.385. The Labute approximate surface area is 82.4 Å². The van der Waals surface area contributed by atoms with Gasteiger partial charge in [-0.25, -0.2) is 0 Å². The third-order valence-corrected chi connectivity index (χ3v) is 1.84. The first-order valence-corrected chi connectivity index (χ1v) is 4.90. The topological polar surface area (TPSA) is 0 Å². The highest BCUT2D eigenvalue weighted by Crippen LogP contribution is 2.08. The van der Waals surface area contributed by atoms with Crippen molar-refractivity contribution in [2.45, 2.75) is 33.1 Å². The van der Waals surface area contributed by atoms with Crippen LogP contribution in [0.1, 0.15) is 33.1 Å². The highest BCUT2D eigenvalue weighted by Gasteiger charge is 1.89. The summed E-state index contributed by atoms with van der Waals surface area (Å²) < 4.78 is 0. The molecule has 0 aliphatic rings. The number of hydrogen-bond acceptors (Lipinski definition) is 0. The zero-order valence-electron chi connectivity index (χ0n) is 8.79. The van der Waals surface area contributed by atoms with E-state index in [9.17, 15) is 0 Å². The van der Waals surface area contributed by atoms with Gasteiger partial charge in [0.2, 0.25) is 0 Å². The third kappa shape index (κ3) is 7.32. The fourth-order valence-corrected chi connectivity index (χ4v) is 1.06. The average Bonchev–Trinajstić information content (AvgIpc) is 2.17. The maximum absolute atomic E-state index is 3.79. The molecule has 0 rings (SSSR count). The summed E-state index contributed by atoms with van der Waals surface area (Å²) in [5, 5.41) is 0. The van der Waals surface area contributed by atoms with Crippen LogP contribution in [-0.4, -0.2) is 0 Å². The van der Waals surface area contributed by atoms with E-state index >= 15 is 0 Å². The fourth-order valence-electron chi connectivity index (χ4n) is 1.06. The Balaban J connectivity index is 3.78. The summed E-state index contributed by atoms with van der Waals surface area (Å²) in [4.78, 5) is 0. The quantitative estimate of drug-likeness (QED) is 0.319. The lowest BCUT2D eigenvalue weighted by molar-refractivity contribution is 0.846. The van der Waals surface area contributed by atoms with E-state index in [1.807, 2.05) is 19.1 Å². The predicted octanol–water partition coefficient (Wildman–Crippen LogP) is 4.42. The first kappa shape index (κ1) is 12.0. The van der Waals surface area contributed by atoms with Crippen molar-refractivity contribution in [3.05, 3.63) is 48.6 Å². The van der Waals surface area contributed by atoms with Crippen molar-refractivity contribution in [1.82, 2.24) is 0 Å². The minimum atomic E-state index is 1.12. The molecule has 0 atom stereocenters. The van der Waals surface area contributed by atoms with E-state index in [0.717, 1.165) is 12.8 Å². The molecule has 0 radical (unpaired) electrons. The monoisotopic (exact) mass is 176 g/mol. The molecular formula is C13H20. The summed E-state index contributed by atoms with van der Waals surface area (Å²) in [6.07, 6.45) is 16.0. The van der Waals surface area contributed by atoms with Crippen molar-refractivity contribution in [3.63, 3.8) is 0 Å². The van der Waals surface area contributed by atoms with E-state index in [0.29, 0.717) is 0 Å². The zero-order chi connectivity index (χ0) is 9.94. The van der Waals surface area contributed by atoms with Gasteiger partial charge in [0.05, 0.1) is 0 Å². The molecule has 0 saturated carbocycles. The molecule has 0 fully saturated rings. The Morgan fingerprint density at radius 1 is 1.23 bits per heavy atom. The molecule has 0 aliphatic carbocycles. The van der Waals surface area contributed by atoms with Gasteiger partial charge in [0.15, 0.2) is 0 Å². The van der Waals surface area contributed by atoms with Crippen LogP contribution in [0.4, 0.5) is 0 Å². The van der Waals surface area contributed by atoms with Crippen molar-refractivity contribution < 1.29 is 0 Å². The third-order valence-electron chi connectivity index (χ3n) is 1.84. The van der Waals surface area contributed by atoms with Crippen LogP contribution in [-0.2, 0) is 0 Å². The van der Waals surface area contributed by atoms with Gasteiger partial charge in [0.1, 0.15) is 0 Å². The minimum Gasteiger partial charge on any atom is -0.0988 e. The van der Waals surface area contributed by atoms with Crippen LogP contribution in [0, 0.1) is 0 Å². The van der Waals surface area contributed by atoms with Crippen LogP contribution in [0.15, 0.2) is 48.6 Å². The number of hydrogen-bond donors (Lipinski definition) is 0. The Morgan fingerprint density at radius 3 is 2.54 bits per heavy atom. The van der Waals surface area contributed by atoms with Crippen LogP contribution in [0.3, 0.4) is 0 Å². The Kier molecular flexibility index (Phi) is 8.33. The summed E-state index contributed by atoms with van der Waals surface area (Å²) in [6.45, 7) is 7.88. The van der Waals surface area contributed by atoms with Gasteiger partial charge >= 0.3 is 0 Å². The molecule has 72 valence electrons. The van der Waals surface area contributed by atoms with Gasteiger partial charge in [-0.15, -0.1) is 0 Å². The summed E-state index contributed by atoms with van der Waals surface area (Å²) in [5.74, 6) is 0.